The van der Waals surface area contributed by atoms with Gasteiger partial charge in [-0.2, -0.15) is 0 Å². The van der Waals surface area contributed by atoms with Crippen molar-refractivity contribution in [2.75, 3.05) is 6.54 Å². The Kier molecular flexibility index (Phi) is 4.49. The maximum atomic E-state index is 4.90. The number of H-pyrrole nitrogens is 1. The van der Waals surface area contributed by atoms with Crippen LogP contribution in [0.5, 0.6) is 0 Å². The van der Waals surface area contributed by atoms with Gasteiger partial charge in [0.1, 0.15) is 0 Å². The molecule has 0 bridgehead atoms. The van der Waals surface area contributed by atoms with Crippen LogP contribution in [0.15, 0.2) is 59.3 Å². The molecule has 0 fully saturated rings. The van der Waals surface area contributed by atoms with E-state index in [4.69, 9.17) is 4.98 Å². The molecule has 4 nitrogen and oxygen atoms in total. The van der Waals surface area contributed by atoms with E-state index < -0.39 is 0 Å². The summed E-state index contributed by atoms with van der Waals surface area (Å²) >= 11 is 3.54. The SMILES string of the molecule is Cc1ccc(-c2ncc3c(n2)CN(Cc2c[nH]c4cc(Br)ccc24)CC3)cc1. The molecule has 1 N–H and O–H groups in total. The fourth-order valence-electron chi connectivity index (χ4n) is 3.86. The fraction of sp³-hybridized carbons (Fsp3) is 0.217. The van der Waals surface area contributed by atoms with Gasteiger partial charge in [0.2, 0.25) is 0 Å². The van der Waals surface area contributed by atoms with Crippen LogP contribution in [0, 0.1) is 6.92 Å². The van der Waals surface area contributed by atoms with Crippen molar-refractivity contribution in [2.45, 2.75) is 26.4 Å². The minimum atomic E-state index is 0.817. The molecule has 0 amide bonds. The highest BCUT2D eigenvalue weighted by Gasteiger charge is 2.20. The first-order chi connectivity index (χ1) is 13.7. The molecule has 5 heteroatoms. The van der Waals surface area contributed by atoms with Crippen LogP contribution < -0.4 is 0 Å². The first kappa shape index (κ1) is 17.6. The van der Waals surface area contributed by atoms with Gasteiger partial charge in [0.05, 0.1) is 5.69 Å². The molecule has 0 saturated heterocycles. The Bertz CT molecular complexity index is 1150. The van der Waals surface area contributed by atoms with Gasteiger partial charge in [-0.15, -0.1) is 0 Å². The maximum absolute atomic E-state index is 4.90. The zero-order chi connectivity index (χ0) is 19.1. The Morgan fingerprint density at radius 1 is 1.14 bits per heavy atom. The van der Waals surface area contributed by atoms with Crippen molar-refractivity contribution in [3.05, 3.63) is 81.7 Å². The third kappa shape index (κ3) is 3.36. The van der Waals surface area contributed by atoms with E-state index in [-0.39, 0.29) is 0 Å². The number of rotatable bonds is 3. The summed E-state index contributed by atoms with van der Waals surface area (Å²) in [5.41, 5.74) is 7.25. The molecular weight excluding hydrogens is 412 g/mol. The molecule has 0 radical (unpaired) electrons. The molecular formula is C23H21BrN4. The van der Waals surface area contributed by atoms with Crippen molar-refractivity contribution in [3.8, 4) is 11.4 Å². The first-order valence-electron chi connectivity index (χ1n) is 9.55. The van der Waals surface area contributed by atoms with E-state index in [1.54, 1.807) is 0 Å². The van der Waals surface area contributed by atoms with Crippen molar-refractivity contribution in [3.63, 3.8) is 0 Å². The van der Waals surface area contributed by atoms with Gasteiger partial charge in [0.15, 0.2) is 5.82 Å². The lowest BCUT2D eigenvalue weighted by molar-refractivity contribution is 0.242. The second-order valence-corrected chi connectivity index (χ2v) is 8.41. The summed E-state index contributed by atoms with van der Waals surface area (Å²) in [6, 6.07) is 14.8. The highest BCUT2D eigenvalue weighted by atomic mass is 79.9. The topological polar surface area (TPSA) is 44.8 Å². The van der Waals surface area contributed by atoms with Crippen LogP contribution in [0.1, 0.15) is 22.4 Å². The molecule has 0 atom stereocenters. The number of benzene rings is 2. The molecule has 28 heavy (non-hydrogen) atoms. The van der Waals surface area contributed by atoms with Gasteiger partial charge in [-0.05, 0) is 36.6 Å². The molecule has 0 spiro atoms. The fourth-order valence-corrected chi connectivity index (χ4v) is 4.23. The molecule has 0 saturated carbocycles. The molecule has 140 valence electrons. The smallest absolute Gasteiger partial charge is 0.159 e. The zero-order valence-electron chi connectivity index (χ0n) is 15.7. The summed E-state index contributed by atoms with van der Waals surface area (Å²) < 4.78 is 1.10. The highest BCUT2D eigenvalue weighted by Crippen LogP contribution is 2.26. The van der Waals surface area contributed by atoms with Crippen LogP contribution in [0.4, 0.5) is 0 Å². The number of halogens is 1. The number of aromatic nitrogens is 3. The summed E-state index contributed by atoms with van der Waals surface area (Å²) in [6.45, 7) is 4.91. The van der Waals surface area contributed by atoms with Gasteiger partial charge in [-0.1, -0.05) is 51.8 Å². The van der Waals surface area contributed by atoms with Crippen LogP contribution in [0.2, 0.25) is 0 Å². The Hall–Kier alpha value is -2.50. The summed E-state index contributed by atoms with van der Waals surface area (Å²) in [6.07, 6.45) is 5.14. The van der Waals surface area contributed by atoms with E-state index in [2.05, 4.69) is 86.4 Å². The van der Waals surface area contributed by atoms with Gasteiger partial charge in [0.25, 0.3) is 0 Å². The Labute approximate surface area is 172 Å². The summed E-state index contributed by atoms with van der Waals surface area (Å²) in [4.78, 5) is 15.4. The summed E-state index contributed by atoms with van der Waals surface area (Å²) in [5, 5.41) is 1.29. The molecule has 2 aromatic carbocycles. The minimum Gasteiger partial charge on any atom is -0.361 e. The summed E-state index contributed by atoms with van der Waals surface area (Å²) in [7, 11) is 0. The van der Waals surface area contributed by atoms with Crippen LogP contribution >= 0.6 is 15.9 Å². The van der Waals surface area contributed by atoms with E-state index in [1.165, 1.54) is 27.6 Å². The van der Waals surface area contributed by atoms with E-state index in [0.717, 1.165) is 47.6 Å². The van der Waals surface area contributed by atoms with Gasteiger partial charge in [-0.3, -0.25) is 4.90 Å². The summed E-state index contributed by atoms with van der Waals surface area (Å²) in [5.74, 6) is 0.817. The molecule has 1 aliphatic rings. The lowest BCUT2D eigenvalue weighted by atomic mass is 10.0. The van der Waals surface area contributed by atoms with Crippen molar-refractivity contribution < 1.29 is 0 Å². The predicted octanol–water partition coefficient (Wildman–Crippen LogP) is 5.25. The van der Waals surface area contributed by atoms with Crippen molar-refractivity contribution in [2.24, 2.45) is 0 Å². The van der Waals surface area contributed by atoms with Crippen molar-refractivity contribution in [1.82, 2.24) is 19.9 Å². The van der Waals surface area contributed by atoms with Crippen LogP contribution in [0.3, 0.4) is 0 Å². The van der Waals surface area contributed by atoms with Crippen LogP contribution in [0.25, 0.3) is 22.3 Å². The number of nitrogens with one attached hydrogen (secondary N) is 1. The van der Waals surface area contributed by atoms with E-state index in [1.807, 2.05) is 6.20 Å². The second-order valence-electron chi connectivity index (χ2n) is 7.50. The third-order valence-electron chi connectivity index (χ3n) is 5.46. The molecule has 1 aliphatic heterocycles. The average molecular weight is 433 g/mol. The van der Waals surface area contributed by atoms with Gasteiger partial charge < -0.3 is 4.98 Å². The average Bonchev–Trinajstić information content (AvgIpc) is 3.09. The molecule has 4 aromatic rings. The number of hydrogen-bond donors (Lipinski definition) is 1. The number of aryl methyl sites for hydroxylation is 1. The van der Waals surface area contributed by atoms with E-state index in [9.17, 15) is 0 Å². The van der Waals surface area contributed by atoms with E-state index >= 15 is 0 Å². The van der Waals surface area contributed by atoms with Crippen LogP contribution in [-0.4, -0.2) is 26.4 Å². The third-order valence-corrected chi connectivity index (χ3v) is 5.95. The largest absolute Gasteiger partial charge is 0.361 e. The minimum absolute atomic E-state index is 0.817. The molecule has 5 rings (SSSR count). The highest BCUT2D eigenvalue weighted by molar-refractivity contribution is 9.10. The Morgan fingerprint density at radius 2 is 2.00 bits per heavy atom. The van der Waals surface area contributed by atoms with Gasteiger partial charge in [0, 0.05) is 53.0 Å². The Balaban J connectivity index is 1.39. The standard InChI is InChI=1S/C23H21BrN4/c1-15-2-4-16(5-3-15)23-26-11-17-8-9-28(14-22(17)27-23)13-18-12-25-21-10-19(24)6-7-20(18)21/h2-7,10-12,25H,8-9,13-14H2,1H3. The molecule has 0 aliphatic carbocycles. The second kappa shape index (κ2) is 7.15. The van der Waals surface area contributed by atoms with E-state index in [0.29, 0.717) is 0 Å². The van der Waals surface area contributed by atoms with Crippen molar-refractivity contribution in [1.29, 1.82) is 0 Å². The maximum Gasteiger partial charge on any atom is 0.159 e. The lowest BCUT2D eigenvalue weighted by Crippen LogP contribution is -2.31. The van der Waals surface area contributed by atoms with Crippen LogP contribution in [-0.2, 0) is 19.5 Å². The number of fused-ring (bicyclic) bond motifs is 2. The monoisotopic (exact) mass is 432 g/mol. The number of aromatic amines is 1. The predicted molar refractivity (Wildman–Crippen MR) is 116 cm³/mol. The van der Waals surface area contributed by atoms with Gasteiger partial charge in [-0.25, -0.2) is 9.97 Å². The zero-order valence-corrected chi connectivity index (χ0v) is 17.3. The molecule has 2 aromatic heterocycles. The molecule has 3 heterocycles. The quantitative estimate of drug-likeness (QED) is 0.480. The number of nitrogens with zero attached hydrogens (tertiary/aromatic N) is 3. The molecule has 0 unspecified atom stereocenters. The van der Waals surface area contributed by atoms with Crippen molar-refractivity contribution >= 4 is 26.8 Å². The van der Waals surface area contributed by atoms with Gasteiger partial charge >= 0.3 is 0 Å². The number of hydrogen-bond acceptors (Lipinski definition) is 3. The Morgan fingerprint density at radius 3 is 2.86 bits per heavy atom. The lowest BCUT2D eigenvalue weighted by Gasteiger charge is -2.27. The first-order valence-corrected chi connectivity index (χ1v) is 10.3. The normalized spacial score (nSPS) is 14.4.